The third-order valence-electron chi connectivity index (χ3n) is 3.84. The van der Waals surface area contributed by atoms with E-state index in [-0.39, 0.29) is 11.8 Å². The fourth-order valence-corrected chi connectivity index (χ4v) is 2.49. The summed E-state index contributed by atoms with van der Waals surface area (Å²) in [6, 6.07) is 12.7. The number of benzene rings is 2. The van der Waals surface area contributed by atoms with Crippen LogP contribution in [0.4, 0.5) is 11.4 Å². The minimum atomic E-state index is -0.198. The molecule has 0 aliphatic carbocycles. The molecule has 0 fully saturated rings. The zero-order chi connectivity index (χ0) is 17.9. The van der Waals surface area contributed by atoms with Gasteiger partial charge in [-0.2, -0.15) is 0 Å². The van der Waals surface area contributed by atoms with Crippen molar-refractivity contribution in [2.24, 2.45) is 0 Å². The number of likely N-dealkylation sites (N-methyl/N-ethyl adjacent to an activating group) is 1. The molecule has 2 aromatic carbocycles. The van der Waals surface area contributed by atoms with Crippen molar-refractivity contribution in [1.29, 1.82) is 0 Å². The summed E-state index contributed by atoms with van der Waals surface area (Å²) in [6.45, 7) is 5.45. The topological polar surface area (TPSA) is 40.6 Å². The normalized spacial score (nSPS) is 10.2. The third kappa shape index (κ3) is 3.74. The molecule has 0 saturated heterocycles. The zero-order valence-electron chi connectivity index (χ0n) is 13.9. The Labute approximate surface area is 150 Å². The van der Waals surface area contributed by atoms with Crippen molar-refractivity contribution in [1.82, 2.24) is 0 Å². The van der Waals surface area contributed by atoms with Crippen LogP contribution in [-0.4, -0.2) is 25.9 Å². The summed E-state index contributed by atoms with van der Waals surface area (Å²) >= 11 is 3.46. The molecule has 2 rings (SSSR count). The van der Waals surface area contributed by atoms with Crippen molar-refractivity contribution < 1.29 is 9.59 Å². The standard InChI is InChI=1S/C19H19BrN2O2/c1-5-18(23)21(3)15-8-6-14(7-9-15)19(24)22(4)16-10-11-17(20)13(2)12-16/h5-12H,1H2,2-4H3. The average Bonchev–Trinajstić information content (AvgIpc) is 2.61. The molecule has 2 amide bonds. The quantitative estimate of drug-likeness (QED) is 0.739. The van der Waals surface area contributed by atoms with E-state index in [0.29, 0.717) is 11.3 Å². The first-order chi connectivity index (χ1) is 11.3. The first-order valence-corrected chi connectivity index (χ1v) is 8.19. The van der Waals surface area contributed by atoms with Crippen LogP contribution in [0.3, 0.4) is 0 Å². The molecule has 5 heteroatoms. The van der Waals surface area contributed by atoms with Gasteiger partial charge in [-0.05, 0) is 61.0 Å². The SMILES string of the molecule is C=CC(=O)N(C)c1ccc(C(=O)N(C)c2ccc(Br)c(C)c2)cc1. The van der Waals surface area contributed by atoms with Crippen LogP contribution < -0.4 is 9.80 Å². The lowest BCUT2D eigenvalue weighted by Gasteiger charge is -2.19. The van der Waals surface area contributed by atoms with E-state index in [9.17, 15) is 9.59 Å². The Kier molecular flexibility index (Phi) is 5.57. The van der Waals surface area contributed by atoms with Gasteiger partial charge in [0.25, 0.3) is 5.91 Å². The maximum absolute atomic E-state index is 12.6. The van der Waals surface area contributed by atoms with E-state index >= 15 is 0 Å². The number of anilines is 2. The van der Waals surface area contributed by atoms with Gasteiger partial charge in [0.1, 0.15) is 0 Å². The predicted octanol–water partition coefficient (Wildman–Crippen LogP) is 4.18. The van der Waals surface area contributed by atoms with Crippen molar-refractivity contribution >= 4 is 39.1 Å². The maximum atomic E-state index is 12.6. The summed E-state index contributed by atoms with van der Waals surface area (Å²) in [6.07, 6.45) is 1.25. The molecule has 0 atom stereocenters. The Bertz CT molecular complexity index is 784. The molecule has 0 saturated carbocycles. The number of amides is 2. The van der Waals surface area contributed by atoms with E-state index in [1.165, 1.54) is 11.0 Å². The van der Waals surface area contributed by atoms with Crippen molar-refractivity contribution in [3.8, 4) is 0 Å². The minimum Gasteiger partial charge on any atom is -0.312 e. The van der Waals surface area contributed by atoms with Gasteiger partial charge in [0.15, 0.2) is 0 Å². The average molecular weight is 387 g/mol. The maximum Gasteiger partial charge on any atom is 0.258 e. The van der Waals surface area contributed by atoms with E-state index in [2.05, 4.69) is 22.5 Å². The van der Waals surface area contributed by atoms with Crippen LogP contribution in [-0.2, 0) is 4.79 Å². The first-order valence-electron chi connectivity index (χ1n) is 7.39. The van der Waals surface area contributed by atoms with Gasteiger partial charge in [-0.25, -0.2) is 0 Å². The van der Waals surface area contributed by atoms with Gasteiger partial charge in [0, 0.05) is 35.5 Å². The van der Waals surface area contributed by atoms with E-state index in [1.54, 1.807) is 43.3 Å². The highest BCUT2D eigenvalue weighted by Crippen LogP contribution is 2.24. The number of aryl methyl sites for hydroxylation is 1. The van der Waals surface area contributed by atoms with Crippen LogP contribution in [0.1, 0.15) is 15.9 Å². The Morgan fingerprint density at radius 2 is 1.58 bits per heavy atom. The van der Waals surface area contributed by atoms with Crippen molar-refractivity contribution in [3.05, 3.63) is 70.7 Å². The van der Waals surface area contributed by atoms with Crippen LogP contribution in [0.15, 0.2) is 59.6 Å². The predicted molar refractivity (Wildman–Crippen MR) is 102 cm³/mol. The van der Waals surface area contributed by atoms with Crippen LogP contribution in [0.2, 0.25) is 0 Å². The van der Waals surface area contributed by atoms with Gasteiger partial charge in [-0.3, -0.25) is 9.59 Å². The molecule has 0 aromatic heterocycles. The summed E-state index contributed by atoms with van der Waals surface area (Å²) in [5.41, 5.74) is 3.15. The fourth-order valence-electron chi connectivity index (χ4n) is 2.24. The van der Waals surface area contributed by atoms with Gasteiger partial charge in [-0.15, -0.1) is 0 Å². The number of carbonyl (C=O) groups is 2. The Hall–Kier alpha value is -2.40. The summed E-state index contributed by atoms with van der Waals surface area (Å²) in [4.78, 5) is 27.3. The summed E-state index contributed by atoms with van der Waals surface area (Å²) in [5, 5.41) is 0. The Morgan fingerprint density at radius 3 is 2.12 bits per heavy atom. The number of rotatable bonds is 4. The minimum absolute atomic E-state index is 0.110. The van der Waals surface area contributed by atoms with Gasteiger partial charge in [0.05, 0.1) is 0 Å². The second-order valence-corrected chi connectivity index (χ2v) is 6.30. The van der Waals surface area contributed by atoms with E-state index in [0.717, 1.165) is 15.7 Å². The lowest BCUT2D eigenvalue weighted by Crippen LogP contribution is -2.27. The second kappa shape index (κ2) is 7.45. The molecule has 0 aliphatic rings. The summed E-state index contributed by atoms with van der Waals surface area (Å²) < 4.78 is 1.01. The van der Waals surface area contributed by atoms with Crippen molar-refractivity contribution in [2.45, 2.75) is 6.92 Å². The number of hydrogen-bond acceptors (Lipinski definition) is 2. The van der Waals surface area contributed by atoms with Crippen molar-refractivity contribution in [2.75, 3.05) is 23.9 Å². The molecular formula is C19H19BrN2O2. The van der Waals surface area contributed by atoms with Crippen LogP contribution >= 0.6 is 15.9 Å². The molecule has 0 radical (unpaired) electrons. The number of halogens is 1. The molecule has 0 spiro atoms. The molecule has 0 aliphatic heterocycles. The van der Waals surface area contributed by atoms with Crippen LogP contribution in [0, 0.1) is 6.92 Å². The van der Waals surface area contributed by atoms with Gasteiger partial charge in [0.2, 0.25) is 5.91 Å². The molecule has 0 unspecified atom stereocenters. The van der Waals surface area contributed by atoms with E-state index in [1.807, 2.05) is 25.1 Å². The van der Waals surface area contributed by atoms with Crippen molar-refractivity contribution in [3.63, 3.8) is 0 Å². The van der Waals surface area contributed by atoms with E-state index < -0.39 is 0 Å². The number of carbonyl (C=O) groups excluding carboxylic acids is 2. The lowest BCUT2D eigenvalue weighted by atomic mass is 10.1. The highest BCUT2D eigenvalue weighted by atomic mass is 79.9. The van der Waals surface area contributed by atoms with Gasteiger partial charge < -0.3 is 9.80 Å². The zero-order valence-corrected chi connectivity index (χ0v) is 15.5. The Morgan fingerprint density at radius 1 is 1.00 bits per heavy atom. The first kappa shape index (κ1) is 17.9. The molecular weight excluding hydrogens is 368 g/mol. The monoisotopic (exact) mass is 386 g/mol. The van der Waals surface area contributed by atoms with E-state index in [4.69, 9.17) is 0 Å². The van der Waals surface area contributed by atoms with Crippen LogP contribution in [0.5, 0.6) is 0 Å². The lowest BCUT2D eigenvalue weighted by molar-refractivity contribution is -0.113. The molecule has 24 heavy (non-hydrogen) atoms. The highest BCUT2D eigenvalue weighted by Gasteiger charge is 2.15. The number of nitrogens with zero attached hydrogens (tertiary/aromatic N) is 2. The molecule has 2 aromatic rings. The van der Waals surface area contributed by atoms with Gasteiger partial charge >= 0.3 is 0 Å². The number of hydrogen-bond donors (Lipinski definition) is 0. The largest absolute Gasteiger partial charge is 0.312 e. The molecule has 0 N–H and O–H groups in total. The fraction of sp³-hybridized carbons (Fsp3) is 0.158. The highest BCUT2D eigenvalue weighted by molar-refractivity contribution is 9.10. The summed E-state index contributed by atoms with van der Waals surface area (Å²) in [7, 11) is 3.41. The molecule has 4 nitrogen and oxygen atoms in total. The molecule has 0 bridgehead atoms. The van der Waals surface area contributed by atoms with Crippen LogP contribution in [0.25, 0.3) is 0 Å². The Balaban J connectivity index is 2.21. The summed E-state index contributed by atoms with van der Waals surface area (Å²) in [5.74, 6) is -0.308. The third-order valence-corrected chi connectivity index (χ3v) is 4.73. The molecule has 0 heterocycles. The molecule has 124 valence electrons. The second-order valence-electron chi connectivity index (χ2n) is 5.45. The van der Waals surface area contributed by atoms with Gasteiger partial charge in [-0.1, -0.05) is 22.5 Å². The smallest absolute Gasteiger partial charge is 0.258 e.